The minimum Gasteiger partial charge on any atom is -0.481 e. The van der Waals surface area contributed by atoms with Crippen molar-refractivity contribution in [2.75, 3.05) is 11.4 Å². The van der Waals surface area contributed by atoms with Crippen LogP contribution in [0.2, 0.25) is 0 Å². The molecule has 0 amide bonds. The highest BCUT2D eigenvalue weighted by atomic mass is 16.6. The summed E-state index contributed by atoms with van der Waals surface area (Å²) in [5.74, 6) is -1.05. The Kier molecular flexibility index (Phi) is 3.40. The number of pyridine rings is 1. The van der Waals surface area contributed by atoms with E-state index in [1.54, 1.807) is 6.07 Å². The van der Waals surface area contributed by atoms with E-state index in [4.69, 9.17) is 5.11 Å². The number of nitrogens with zero attached hydrogens (tertiary/aromatic N) is 3. The quantitative estimate of drug-likeness (QED) is 0.606. The second-order valence-electron chi connectivity index (χ2n) is 4.20. The van der Waals surface area contributed by atoms with Crippen molar-refractivity contribution >= 4 is 17.5 Å². The van der Waals surface area contributed by atoms with Gasteiger partial charge >= 0.3 is 11.8 Å². The number of carboxylic acid groups (broad SMARTS) is 1. The first-order valence-electron chi connectivity index (χ1n) is 5.67. The maximum absolute atomic E-state index is 10.6. The monoisotopic (exact) mass is 251 g/mol. The average molecular weight is 251 g/mol. The number of anilines is 1. The molecule has 96 valence electrons. The van der Waals surface area contributed by atoms with Crippen LogP contribution in [-0.2, 0) is 4.79 Å². The smallest absolute Gasteiger partial charge is 0.363 e. The number of aliphatic carboxylic acids is 1. The second kappa shape index (κ2) is 4.99. The zero-order valence-corrected chi connectivity index (χ0v) is 9.65. The lowest BCUT2D eigenvalue weighted by atomic mass is 10.3. The number of nitro groups is 1. The standard InChI is InChI=1S/C11H13N3O4/c15-11(16)5-6-13(8-1-2-8)9-3-4-10(12-7-9)14(17)18/h3-4,7-8H,1-2,5-6H2,(H,15,16). The van der Waals surface area contributed by atoms with Crippen molar-refractivity contribution in [3.63, 3.8) is 0 Å². The molecule has 0 saturated heterocycles. The van der Waals surface area contributed by atoms with Crippen LogP contribution in [0.4, 0.5) is 11.5 Å². The summed E-state index contributed by atoms with van der Waals surface area (Å²) in [5, 5.41) is 19.2. The lowest BCUT2D eigenvalue weighted by Gasteiger charge is -2.22. The van der Waals surface area contributed by atoms with E-state index in [0.29, 0.717) is 12.6 Å². The van der Waals surface area contributed by atoms with Gasteiger partial charge in [-0.3, -0.25) is 4.79 Å². The van der Waals surface area contributed by atoms with Gasteiger partial charge in [0.2, 0.25) is 0 Å². The van der Waals surface area contributed by atoms with Gasteiger partial charge in [0.25, 0.3) is 0 Å². The van der Waals surface area contributed by atoms with E-state index >= 15 is 0 Å². The van der Waals surface area contributed by atoms with Crippen LogP contribution in [0.3, 0.4) is 0 Å². The first-order chi connectivity index (χ1) is 8.58. The van der Waals surface area contributed by atoms with Crippen molar-refractivity contribution in [1.29, 1.82) is 0 Å². The zero-order chi connectivity index (χ0) is 13.1. The first kappa shape index (κ1) is 12.3. The molecular weight excluding hydrogens is 238 g/mol. The molecule has 1 heterocycles. The second-order valence-corrected chi connectivity index (χ2v) is 4.20. The van der Waals surface area contributed by atoms with Crippen molar-refractivity contribution < 1.29 is 14.8 Å². The molecule has 1 N–H and O–H groups in total. The Morgan fingerprint density at radius 2 is 2.28 bits per heavy atom. The molecule has 0 radical (unpaired) electrons. The van der Waals surface area contributed by atoms with Crippen molar-refractivity contribution in [1.82, 2.24) is 4.98 Å². The molecule has 0 bridgehead atoms. The number of carboxylic acids is 1. The lowest BCUT2D eigenvalue weighted by Crippen LogP contribution is -2.28. The number of rotatable bonds is 6. The average Bonchev–Trinajstić information content (AvgIpc) is 3.14. The summed E-state index contributed by atoms with van der Waals surface area (Å²) >= 11 is 0. The van der Waals surface area contributed by atoms with Crippen molar-refractivity contribution in [2.24, 2.45) is 0 Å². The SMILES string of the molecule is O=C(O)CCN(c1ccc([N+](=O)[O-])nc1)C1CC1. The summed E-state index contributed by atoms with van der Waals surface area (Å²) in [4.78, 5) is 26.2. The summed E-state index contributed by atoms with van der Waals surface area (Å²) in [6.45, 7) is 0.402. The normalized spacial score (nSPS) is 14.2. The highest BCUT2D eigenvalue weighted by Gasteiger charge is 2.30. The molecule has 7 heteroatoms. The molecule has 1 aliphatic rings. The molecule has 1 aliphatic carbocycles. The Morgan fingerprint density at radius 3 is 2.72 bits per heavy atom. The summed E-state index contributed by atoms with van der Waals surface area (Å²) in [6, 6.07) is 3.30. The van der Waals surface area contributed by atoms with Crippen molar-refractivity contribution in [2.45, 2.75) is 25.3 Å². The molecule has 0 atom stereocenters. The van der Waals surface area contributed by atoms with Gasteiger partial charge in [-0.2, -0.15) is 0 Å². The molecule has 0 aliphatic heterocycles. The van der Waals surface area contributed by atoms with Crippen LogP contribution < -0.4 is 4.90 Å². The van der Waals surface area contributed by atoms with E-state index in [9.17, 15) is 14.9 Å². The van der Waals surface area contributed by atoms with Gasteiger partial charge in [-0.25, -0.2) is 0 Å². The highest BCUT2D eigenvalue weighted by molar-refractivity contribution is 5.67. The summed E-state index contributed by atoms with van der Waals surface area (Å²) in [7, 11) is 0. The van der Waals surface area contributed by atoms with Crippen LogP contribution in [0, 0.1) is 10.1 Å². The largest absolute Gasteiger partial charge is 0.481 e. The Bertz CT molecular complexity index is 456. The molecule has 1 fully saturated rings. The zero-order valence-electron chi connectivity index (χ0n) is 9.65. The fourth-order valence-electron chi connectivity index (χ4n) is 1.78. The Morgan fingerprint density at radius 1 is 1.56 bits per heavy atom. The third kappa shape index (κ3) is 2.93. The molecule has 1 saturated carbocycles. The molecule has 2 rings (SSSR count). The maximum Gasteiger partial charge on any atom is 0.363 e. The van der Waals surface area contributed by atoms with Gasteiger partial charge in [0.05, 0.1) is 12.1 Å². The van der Waals surface area contributed by atoms with Gasteiger partial charge in [0.1, 0.15) is 0 Å². The van der Waals surface area contributed by atoms with E-state index in [-0.39, 0.29) is 12.2 Å². The van der Waals surface area contributed by atoms with Gasteiger partial charge in [-0.15, -0.1) is 0 Å². The minimum absolute atomic E-state index is 0.0491. The first-order valence-corrected chi connectivity index (χ1v) is 5.67. The third-order valence-electron chi connectivity index (χ3n) is 2.81. The van der Waals surface area contributed by atoms with Crippen LogP contribution >= 0.6 is 0 Å². The van der Waals surface area contributed by atoms with E-state index in [0.717, 1.165) is 18.5 Å². The van der Waals surface area contributed by atoms with Crippen LogP contribution in [-0.4, -0.2) is 33.6 Å². The number of aromatic nitrogens is 1. The topological polar surface area (TPSA) is 96.6 Å². The van der Waals surface area contributed by atoms with Crippen molar-refractivity contribution in [3.8, 4) is 0 Å². The molecule has 1 aromatic rings. The predicted octanol–water partition coefficient (Wildman–Crippen LogP) is 1.43. The van der Waals surface area contributed by atoms with E-state index in [1.165, 1.54) is 12.3 Å². The Labute approximate surface area is 103 Å². The van der Waals surface area contributed by atoms with Gasteiger partial charge in [0.15, 0.2) is 6.20 Å². The van der Waals surface area contributed by atoms with Gasteiger partial charge in [-0.1, -0.05) is 0 Å². The molecule has 7 nitrogen and oxygen atoms in total. The summed E-state index contributed by atoms with van der Waals surface area (Å²) < 4.78 is 0. The fraction of sp³-hybridized carbons (Fsp3) is 0.455. The van der Waals surface area contributed by atoms with Crippen LogP contribution in [0.15, 0.2) is 18.3 Å². The molecule has 0 spiro atoms. The van der Waals surface area contributed by atoms with Crippen molar-refractivity contribution in [3.05, 3.63) is 28.4 Å². The fourth-order valence-corrected chi connectivity index (χ4v) is 1.78. The lowest BCUT2D eigenvalue weighted by molar-refractivity contribution is -0.389. The van der Waals surface area contributed by atoms with Crippen LogP contribution in [0.5, 0.6) is 0 Å². The number of hydrogen-bond acceptors (Lipinski definition) is 5. The van der Waals surface area contributed by atoms with Gasteiger partial charge in [0, 0.05) is 18.7 Å². The van der Waals surface area contributed by atoms with Gasteiger partial charge in [-0.05, 0) is 28.8 Å². The minimum atomic E-state index is -0.851. The summed E-state index contributed by atoms with van der Waals surface area (Å²) in [5.41, 5.74) is 0.740. The molecular formula is C11H13N3O4. The number of carbonyl (C=O) groups is 1. The Hall–Kier alpha value is -2.18. The molecule has 0 unspecified atom stereocenters. The van der Waals surface area contributed by atoms with Crippen LogP contribution in [0.1, 0.15) is 19.3 Å². The molecule has 18 heavy (non-hydrogen) atoms. The predicted molar refractivity (Wildman–Crippen MR) is 63.5 cm³/mol. The number of hydrogen-bond donors (Lipinski definition) is 1. The maximum atomic E-state index is 10.6. The molecule has 0 aromatic carbocycles. The van der Waals surface area contributed by atoms with E-state index in [1.807, 2.05) is 4.90 Å². The van der Waals surface area contributed by atoms with E-state index in [2.05, 4.69) is 4.98 Å². The van der Waals surface area contributed by atoms with E-state index < -0.39 is 10.9 Å². The highest BCUT2D eigenvalue weighted by Crippen LogP contribution is 2.31. The Balaban J connectivity index is 2.10. The summed E-state index contributed by atoms with van der Waals surface area (Å²) in [6.07, 6.45) is 3.53. The third-order valence-corrected chi connectivity index (χ3v) is 2.81. The van der Waals surface area contributed by atoms with Crippen LogP contribution in [0.25, 0.3) is 0 Å². The molecule has 1 aromatic heterocycles. The van der Waals surface area contributed by atoms with Gasteiger partial charge < -0.3 is 20.1 Å².